The van der Waals surface area contributed by atoms with Crippen molar-refractivity contribution in [1.82, 2.24) is 4.90 Å². The number of benzene rings is 1. The smallest absolute Gasteiger partial charge is 0.387 e. The second-order valence-electron chi connectivity index (χ2n) is 4.92. The molecule has 0 aliphatic carbocycles. The summed E-state index contributed by atoms with van der Waals surface area (Å²) in [5.74, 6) is 0. The minimum Gasteiger partial charge on any atom is -0.387 e. The third kappa shape index (κ3) is 2.84. The topological polar surface area (TPSA) is 23.5 Å². The van der Waals surface area contributed by atoms with Crippen LogP contribution in [0, 0.1) is 0 Å². The number of aliphatic hydroxyl groups is 1. The summed E-state index contributed by atoms with van der Waals surface area (Å²) in [6.07, 6.45) is -3.58. The Balaban J connectivity index is 1.92. The predicted octanol–water partition coefficient (Wildman–Crippen LogP) is 2.66. The Morgan fingerprint density at radius 2 is 1.78 bits per heavy atom. The van der Waals surface area contributed by atoms with Gasteiger partial charge < -0.3 is 5.11 Å². The van der Waals surface area contributed by atoms with Crippen LogP contribution in [0.2, 0.25) is 0 Å². The fourth-order valence-corrected chi connectivity index (χ4v) is 2.18. The summed E-state index contributed by atoms with van der Waals surface area (Å²) in [4.78, 5) is 2.02. The first-order valence-electron chi connectivity index (χ1n) is 5.93. The van der Waals surface area contributed by atoms with Crippen LogP contribution in [0.25, 0.3) is 0 Å². The zero-order valence-corrected chi connectivity index (χ0v) is 10.2. The Kier molecular flexibility index (Phi) is 3.38. The van der Waals surface area contributed by atoms with E-state index >= 15 is 0 Å². The molecule has 0 saturated carbocycles. The van der Waals surface area contributed by atoms with Crippen LogP contribution in [0.3, 0.4) is 0 Å². The largest absolute Gasteiger partial charge is 0.416 e. The van der Waals surface area contributed by atoms with Gasteiger partial charge in [0, 0.05) is 19.6 Å². The van der Waals surface area contributed by atoms with Crippen molar-refractivity contribution in [3.63, 3.8) is 0 Å². The van der Waals surface area contributed by atoms with Crippen LogP contribution in [0.4, 0.5) is 13.2 Å². The summed E-state index contributed by atoms with van der Waals surface area (Å²) in [7, 11) is 0. The third-order valence-electron chi connectivity index (χ3n) is 3.38. The van der Waals surface area contributed by atoms with Gasteiger partial charge in [0.05, 0.1) is 11.2 Å². The second kappa shape index (κ2) is 4.55. The van der Waals surface area contributed by atoms with E-state index in [-0.39, 0.29) is 0 Å². The van der Waals surface area contributed by atoms with Gasteiger partial charge >= 0.3 is 6.18 Å². The molecule has 0 aromatic heterocycles. The van der Waals surface area contributed by atoms with Crippen molar-refractivity contribution in [2.75, 3.05) is 13.1 Å². The fraction of sp³-hybridized carbons (Fsp3) is 0.538. The first-order chi connectivity index (χ1) is 8.32. The van der Waals surface area contributed by atoms with Crippen LogP contribution in [-0.4, -0.2) is 28.7 Å². The lowest BCUT2D eigenvalue weighted by molar-refractivity contribution is -0.137. The van der Waals surface area contributed by atoms with E-state index in [0.717, 1.165) is 17.7 Å². The number of likely N-dealkylation sites (tertiary alicyclic amines) is 1. The fourth-order valence-electron chi connectivity index (χ4n) is 2.18. The summed E-state index contributed by atoms with van der Waals surface area (Å²) in [5.41, 5.74) is -0.396. The number of nitrogens with zero attached hydrogens (tertiary/aromatic N) is 1. The molecule has 2 rings (SSSR count). The lowest BCUT2D eigenvalue weighted by Crippen LogP contribution is -2.60. The van der Waals surface area contributed by atoms with E-state index in [4.69, 9.17) is 0 Å². The normalized spacial score (nSPS) is 19.6. The van der Waals surface area contributed by atoms with Gasteiger partial charge in [-0.05, 0) is 24.1 Å². The predicted molar refractivity (Wildman–Crippen MR) is 62.0 cm³/mol. The molecule has 2 nitrogen and oxygen atoms in total. The van der Waals surface area contributed by atoms with Crippen molar-refractivity contribution >= 4 is 0 Å². The molecule has 1 fully saturated rings. The molecular formula is C13H16F3NO. The van der Waals surface area contributed by atoms with Crippen LogP contribution >= 0.6 is 0 Å². The summed E-state index contributed by atoms with van der Waals surface area (Å²) >= 11 is 0. The van der Waals surface area contributed by atoms with Gasteiger partial charge in [-0.15, -0.1) is 0 Å². The molecule has 1 aromatic carbocycles. The number of hydrogen-bond donors (Lipinski definition) is 1. The van der Waals surface area contributed by atoms with Crippen LogP contribution in [0.5, 0.6) is 0 Å². The van der Waals surface area contributed by atoms with Gasteiger partial charge in [0.25, 0.3) is 0 Å². The number of hydrogen-bond acceptors (Lipinski definition) is 2. The van der Waals surface area contributed by atoms with Gasteiger partial charge in [0.15, 0.2) is 0 Å². The molecule has 0 unspecified atom stereocenters. The molecule has 1 aliphatic heterocycles. The molecule has 0 bridgehead atoms. The second-order valence-corrected chi connectivity index (χ2v) is 4.92. The first-order valence-corrected chi connectivity index (χ1v) is 5.93. The summed E-state index contributed by atoms with van der Waals surface area (Å²) in [5, 5.41) is 9.83. The van der Waals surface area contributed by atoms with E-state index in [1.807, 2.05) is 11.8 Å². The summed E-state index contributed by atoms with van der Waals surface area (Å²) < 4.78 is 37.1. The van der Waals surface area contributed by atoms with Crippen LogP contribution in [-0.2, 0) is 12.7 Å². The van der Waals surface area contributed by atoms with Gasteiger partial charge in [-0.25, -0.2) is 0 Å². The van der Waals surface area contributed by atoms with E-state index in [9.17, 15) is 18.3 Å². The van der Waals surface area contributed by atoms with Crippen LogP contribution < -0.4 is 0 Å². The molecule has 5 heteroatoms. The highest BCUT2D eigenvalue weighted by molar-refractivity contribution is 5.24. The van der Waals surface area contributed by atoms with Crippen molar-refractivity contribution in [2.45, 2.75) is 31.7 Å². The van der Waals surface area contributed by atoms with Gasteiger partial charge in [-0.2, -0.15) is 13.2 Å². The SMILES string of the molecule is CCC1(O)CN(Cc2ccc(C(F)(F)F)cc2)C1. The highest BCUT2D eigenvalue weighted by atomic mass is 19.4. The molecule has 1 saturated heterocycles. The number of β-amino-alcohol motifs (C(OH)–C–C–N with tert-alkyl or cyclic N) is 1. The highest BCUT2D eigenvalue weighted by Gasteiger charge is 2.39. The summed E-state index contributed by atoms with van der Waals surface area (Å²) in [6, 6.07) is 5.18. The molecule has 0 spiro atoms. The molecule has 1 aromatic rings. The Labute approximate surface area is 104 Å². The quantitative estimate of drug-likeness (QED) is 0.902. The molecule has 1 N–H and O–H groups in total. The van der Waals surface area contributed by atoms with E-state index in [0.29, 0.717) is 26.1 Å². The summed E-state index contributed by atoms with van der Waals surface area (Å²) in [6.45, 7) is 3.69. The maximum Gasteiger partial charge on any atom is 0.416 e. The van der Waals surface area contributed by atoms with E-state index < -0.39 is 17.3 Å². The molecule has 100 valence electrons. The van der Waals surface area contributed by atoms with Crippen molar-refractivity contribution in [3.05, 3.63) is 35.4 Å². The molecule has 18 heavy (non-hydrogen) atoms. The van der Waals surface area contributed by atoms with Gasteiger partial charge in [-0.1, -0.05) is 19.1 Å². The third-order valence-corrected chi connectivity index (χ3v) is 3.38. The monoisotopic (exact) mass is 259 g/mol. The molecule has 0 atom stereocenters. The standard InChI is InChI=1S/C13H16F3NO/c1-2-12(18)8-17(9-12)7-10-3-5-11(6-4-10)13(14,15)16/h3-6,18H,2,7-9H2,1H3. The molecule has 0 amide bonds. The first kappa shape index (κ1) is 13.4. The maximum absolute atomic E-state index is 12.4. The minimum absolute atomic E-state index is 0.584. The maximum atomic E-state index is 12.4. The Morgan fingerprint density at radius 3 is 2.22 bits per heavy atom. The lowest BCUT2D eigenvalue weighted by Gasteiger charge is -2.46. The van der Waals surface area contributed by atoms with Crippen LogP contribution in [0.15, 0.2) is 24.3 Å². The highest BCUT2D eigenvalue weighted by Crippen LogP contribution is 2.30. The molecule has 0 radical (unpaired) electrons. The molecular weight excluding hydrogens is 243 g/mol. The average molecular weight is 259 g/mol. The minimum atomic E-state index is -4.28. The number of halogens is 3. The van der Waals surface area contributed by atoms with Crippen molar-refractivity contribution in [2.24, 2.45) is 0 Å². The van der Waals surface area contributed by atoms with Crippen molar-refractivity contribution in [3.8, 4) is 0 Å². The van der Waals surface area contributed by atoms with Gasteiger partial charge in [0.2, 0.25) is 0 Å². The van der Waals surface area contributed by atoms with Gasteiger partial charge in [0.1, 0.15) is 0 Å². The van der Waals surface area contributed by atoms with E-state index in [2.05, 4.69) is 0 Å². The van der Waals surface area contributed by atoms with Crippen molar-refractivity contribution in [1.29, 1.82) is 0 Å². The van der Waals surface area contributed by atoms with E-state index in [1.54, 1.807) is 0 Å². The Bertz CT molecular complexity index is 407. The van der Waals surface area contributed by atoms with Crippen molar-refractivity contribution < 1.29 is 18.3 Å². The Morgan fingerprint density at radius 1 is 1.22 bits per heavy atom. The molecule has 1 aliphatic rings. The zero-order chi connectivity index (χ0) is 13.4. The average Bonchev–Trinajstić information content (AvgIpc) is 2.26. The zero-order valence-electron chi connectivity index (χ0n) is 10.2. The van der Waals surface area contributed by atoms with Crippen LogP contribution in [0.1, 0.15) is 24.5 Å². The number of alkyl halides is 3. The lowest BCUT2D eigenvalue weighted by atomic mass is 9.91. The number of rotatable bonds is 3. The molecule has 1 heterocycles. The van der Waals surface area contributed by atoms with E-state index in [1.165, 1.54) is 12.1 Å². The van der Waals surface area contributed by atoms with Gasteiger partial charge in [-0.3, -0.25) is 4.90 Å². The Hall–Kier alpha value is -1.07.